The van der Waals surface area contributed by atoms with Gasteiger partial charge in [0.2, 0.25) is 0 Å². The van der Waals surface area contributed by atoms with E-state index in [-0.39, 0.29) is 0 Å². The van der Waals surface area contributed by atoms with Crippen LogP contribution in [0.3, 0.4) is 0 Å². The summed E-state index contributed by atoms with van der Waals surface area (Å²) >= 11 is 7.09. The van der Waals surface area contributed by atoms with Crippen molar-refractivity contribution in [3.8, 4) is 0 Å². The Labute approximate surface area is 139 Å². The van der Waals surface area contributed by atoms with Gasteiger partial charge in [-0.2, -0.15) is 0 Å². The largest absolute Gasteiger partial charge is 0.358 e. The van der Waals surface area contributed by atoms with Crippen molar-refractivity contribution in [2.45, 2.75) is 19.9 Å². The van der Waals surface area contributed by atoms with E-state index in [1.165, 1.54) is 10.3 Å². The number of hydrogen-bond acceptors (Lipinski definition) is 3. The Hall–Kier alpha value is -1.98. The first kappa shape index (κ1) is 14.9. The predicted molar refractivity (Wildman–Crippen MR) is 98.5 cm³/mol. The maximum Gasteiger partial charge on any atom is 0.171 e. The van der Waals surface area contributed by atoms with Crippen LogP contribution in [0, 0.1) is 0 Å². The molecule has 112 valence electrons. The van der Waals surface area contributed by atoms with Crippen molar-refractivity contribution in [3.63, 3.8) is 0 Å². The second-order valence-corrected chi connectivity index (χ2v) is 6.46. The van der Waals surface area contributed by atoms with Crippen LogP contribution < -0.4 is 10.6 Å². The van der Waals surface area contributed by atoms with Gasteiger partial charge < -0.3 is 10.6 Å². The second kappa shape index (κ2) is 6.85. The number of aromatic nitrogens is 1. The Kier molecular flexibility index (Phi) is 4.65. The van der Waals surface area contributed by atoms with Gasteiger partial charge in [-0.05, 0) is 42.4 Å². The number of thiazole rings is 1. The van der Waals surface area contributed by atoms with Gasteiger partial charge >= 0.3 is 0 Å². The molecule has 5 heteroatoms. The Morgan fingerprint density at radius 3 is 2.77 bits per heavy atom. The summed E-state index contributed by atoms with van der Waals surface area (Å²) in [5, 5.41) is 8.24. The first-order chi connectivity index (χ1) is 10.7. The van der Waals surface area contributed by atoms with E-state index in [1.807, 2.05) is 30.3 Å². The molecule has 2 N–H and O–H groups in total. The van der Waals surface area contributed by atoms with Gasteiger partial charge in [0.15, 0.2) is 5.11 Å². The molecule has 3 nitrogen and oxygen atoms in total. The van der Waals surface area contributed by atoms with Crippen LogP contribution in [0.15, 0.2) is 48.5 Å². The topological polar surface area (TPSA) is 37.0 Å². The van der Waals surface area contributed by atoms with Crippen LogP contribution in [0.5, 0.6) is 0 Å². The Balaban J connectivity index is 1.63. The lowest BCUT2D eigenvalue weighted by atomic mass is 10.2. The molecule has 1 aromatic heterocycles. The van der Waals surface area contributed by atoms with Gasteiger partial charge in [-0.3, -0.25) is 0 Å². The number of thiocarbonyl (C=S) groups is 1. The van der Waals surface area contributed by atoms with Crippen LogP contribution in [0.2, 0.25) is 0 Å². The number of rotatable bonds is 4. The summed E-state index contributed by atoms with van der Waals surface area (Å²) in [5.41, 5.74) is 3.25. The molecule has 0 amide bonds. The fourth-order valence-electron chi connectivity index (χ4n) is 2.15. The minimum absolute atomic E-state index is 0.628. The second-order valence-electron chi connectivity index (χ2n) is 4.94. The predicted octanol–water partition coefficient (Wildman–Crippen LogP) is 4.35. The summed E-state index contributed by atoms with van der Waals surface area (Å²) in [6.07, 6.45) is 0.971. The molecule has 1 heterocycles. The normalized spacial score (nSPS) is 10.6. The molecule has 0 unspecified atom stereocenters. The van der Waals surface area contributed by atoms with Gasteiger partial charge in [-0.15, -0.1) is 11.3 Å². The van der Waals surface area contributed by atoms with Crippen LogP contribution in [0.25, 0.3) is 10.2 Å². The smallest absolute Gasteiger partial charge is 0.171 e. The highest BCUT2D eigenvalue weighted by molar-refractivity contribution is 7.80. The minimum atomic E-state index is 0.628. The average molecular weight is 327 g/mol. The van der Waals surface area contributed by atoms with Gasteiger partial charge in [0.05, 0.1) is 15.2 Å². The van der Waals surface area contributed by atoms with E-state index in [0.29, 0.717) is 5.11 Å². The minimum Gasteiger partial charge on any atom is -0.358 e. The maximum atomic E-state index is 5.35. The number of fused-ring (bicyclic) bond motifs is 1. The third kappa shape index (κ3) is 3.61. The number of aryl methyl sites for hydroxylation is 1. The molecule has 0 fully saturated rings. The number of benzene rings is 2. The van der Waals surface area contributed by atoms with E-state index in [2.05, 4.69) is 40.7 Å². The molecule has 0 aliphatic rings. The van der Waals surface area contributed by atoms with E-state index < -0.39 is 0 Å². The molecule has 3 aromatic rings. The zero-order chi connectivity index (χ0) is 15.4. The van der Waals surface area contributed by atoms with E-state index in [4.69, 9.17) is 12.2 Å². The molecule has 0 bridgehead atoms. The molecule has 0 saturated heterocycles. The summed E-state index contributed by atoms with van der Waals surface area (Å²) in [6.45, 7) is 2.84. The molecule has 0 saturated carbocycles. The lowest BCUT2D eigenvalue weighted by molar-refractivity contribution is 0.926. The van der Waals surface area contributed by atoms with E-state index in [0.717, 1.165) is 29.2 Å². The van der Waals surface area contributed by atoms with E-state index in [9.17, 15) is 0 Å². The highest BCUT2D eigenvalue weighted by atomic mass is 32.1. The standard InChI is InChI=1S/C17H17N3S2/c1-2-16-20-14-9-8-13(10-15(14)22-16)19-17(21)18-11-12-6-4-3-5-7-12/h3-10H,2,11H2,1H3,(H2,18,19,21). The molecule has 0 spiro atoms. The lowest BCUT2D eigenvalue weighted by Crippen LogP contribution is -2.27. The SMILES string of the molecule is CCc1nc2ccc(NC(=S)NCc3ccccc3)cc2s1. The summed E-state index contributed by atoms with van der Waals surface area (Å²) in [6, 6.07) is 16.4. The number of hydrogen-bond donors (Lipinski definition) is 2. The first-order valence-corrected chi connectivity index (χ1v) is 8.45. The molecule has 2 aromatic carbocycles. The van der Waals surface area contributed by atoms with Crippen LogP contribution in [0.4, 0.5) is 5.69 Å². The molecule has 0 aliphatic carbocycles. The maximum absolute atomic E-state index is 5.35. The zero-order valence-electron chi connectivity index (χ0n) is 12.3. The number of anilines is 1. The van der Waals surface area contributed by atoms with Gasteiger partial charge in [-0.1, -0.05) is 37.3 Å². The summed E-state index contributed by atoms with van der Waals surface area (Å²) in [7, 11) is 0. The highest BCUT2D eigenvalue weighted by Gasteiger charge is 2.04. The van der Waals surface area contributed by atoms with Crippen molar-refractivity contribution in [1.29, 1.82) is 0 Å². The Bertz CT molecular complexity index is 781. The Morgan fingerprint density at radius 2 is 2.00 bits per heavy atom. The van der Waals surface area contributed by atoms with Crippen molar-refractivity contribution in [2.75, 3.05) is 5.32 Å². The monoisotopic (exact) mass is 327 g/mol. The molecular formula is C17H17N3S2. The average Bonchev–Trinajstić information content (AvgIpc) is 2.96. The quantitative estimate of drug-likeness (QED) is 0.699. The van der Waals surface area contributed by atoms with Crippen LogP contribution in [-0.2, 0) is 13.0 Å². The fourth-order valence-corrected chi connectivity index (χ4v) is 3.29. The lowest BCUT2D eigenvalue weighted by Gasteiger charge is -2.10. The fraction of sp³-hybridized carbons (Fsp3) is 0.176. The summed E-state index contributed by atoms with van der Waals surface area (Å²) in [5.74, 6) is 0. The molecule has 0 atom stereocenters. The number of nitrogens with zero attached hydrogens (tertiary/aromatic N) is 1. The van der Waals surface area contributed by atoms with Crippen LogP contribution in [0.1, 0.15) is 17.5 Å². The third-order valence-electron chi connectivity index (χ3n) is 3.29. The van der Waals surface area contributed by atoms with Gasteiger partial charge in [0, 0.05) is 12.2 Å². The molecule has 22 heavy (non-hydrogen) atoms. The van der Waals surface area contributed by atoms with Crippen molar-refractivity contribution < 1.29 is 0 Å². The molecule has 0 radical (unpaired) electrons. The van der Waals surface area contributed by atoms with Crippen molar-refractivity contribution in [1.82, 2.24) is 10.3 Å². The van der Waals surface area contributed by atoms with Crippen molar-refractivity contribution >= 4 is 44.6 Å². The summed E-state index contributed by atoms with van der Waals surface area (Å²) in [4.78, 5) is 4.57. The molecular weight excluding hydrogens is 310 g/mol. The highest BCUT2D eigenvalue weighted by Crippen LogP contribution is 2.25. The zero-order valence-corrected chi connectivity index (χ0v) is 13.9. The molecule has 3 rings (SSSR count). The van der Waals surface area contributed by atoms with Crippen LogP contribution >= 0.6 is 23.6 Å². The van der Waals surface area contributed by atoms with Crippen LogP contribution in [-0.4, -0.2) is 10.1 Å². The van der Waals surface area contributed by atoms with Gasteiger partial charge in [0.1, 0.15) is 0 Å². The van der Waals surface area contributed by atoms with Gasteiger partial charge in [0.25, 0.3) is 0 Å². The van der Waals surface area contributed by atoms with E-state index >= 15 is 0 Å². The third-order valence-corrected chi connectivity index (χ3v) is 4.70. The van der Waals surface area contributed by atoms with E-state index in [1.54, 1.807) is 11.3 Å². The first-order valence-electron chi connectivity index (χ1n) is 7.23. The summed E-state index contributed by atoms with van der Waals surface area (Å²) < 4.78 is 1.19. The van der Waals surface area contributed by atoms with Gasteiger partial charge in [-0.25, -0.2) is 4.98 Å². The van der Waals surface area contributed by atoms with Crippen molar-refractivity contribution in [3.05, 3.63) is 59.1 Å². The van der Waals surface area contributed by atoms with Crippen molar-refractivity contribution in [2.24, 2.45) is 0 Å². The number of nitrogens with one attached hydrogen (secondary N) is 2. The Morgan fingerprint density at radius 1 is 1.18 bits per heavy atom. The molecule has 0 aliphatic heterocycles.